The van der Waals surface area contributed by atoms with E-state index in [1.807, 2.05) is 18.2 Å². The maximum Gasteiger partial charge on any atom is 0.335 e. The molecule has 0 aliphatic rings. The lowest BCUT2D eigenvalue weighted by Gasteiger charge is -2.23. The lowest BCUT2D eigenvalue weighted by atomic mass is 10.1. The molecule has 0 aromatic heterocycles. The lowest BCUT2D eigenvalue weighted by molar-refractivity contribution is 0.0694. The number of hydrogen-bond acceptors (Lipinski definition) is 4. The first kappa shape index (κ1) is 26.4. The van der Waals surface area contributed by atoms with E-state index in [0.29, 0.717) is 48.7 Å². The molecule has 6 nitrogen and oxygen atoms in total. The van der Waals surface area contributed by atoms with E-state index in [0.717, 1.165) is 11.1 Å². The highest BCUT2D eigenvalue weighted by molar-refractivity contribution is 5.94. The highest BCUT2D eigenvalue weighted by Crippen LogP contribution is 2.31. The van der Waals surface area contributed by atoms with Crippen LogP contribution in [0.15, 0.2) is 97.1 Å². The molecule has 0 saturated carbocycles. The maximum atomic E-state index is 13.6. The number of rotatable bonds is 11. The highest BCUT2D eigenvalue weighted by atomic mass is 19.1. The van der Waals surface area contributed by atoms with Gasteiger partial charge in [-0.15, -0.1) is 0 Å². The van der Waals surface area contributed by atoms with Crippen LogP contribution >= 0.6 is 0 Å². The van der Waals surface area contributed by atoms with E-state index in [4.69, 9.17) is 9.47 Å². The Bertz CT molecular complexity index is 1390. The summed E-state index contributed by atoms with van der Waals surface area (Å²) in [5, 5.41) is 9.17. The topological polar surface area (TPSA) is 76.1 Å². The van der Waals surface area contributed by atoms with Gasteiger partial charge in [0.25, 0.3) is 5.91 Å². The van der Waals surface area contributed by atoms with Gasteiger partial charge in [0, 0.05) is 18.7 Å². The van der Waals surface area contributed by atoms with Gasteiger partial charge in [0.1, 0.15) is 11.6 Å². The molecule has 1 amide bonds. The van der Waals surface area contributed by atoms with Gasteiger partial charge in [-0.3, -0.25) is 4.79 Å². The van der Waals surface area contributed by atoms with Crippen molar-refractivity contribution in [2.75, 3.05) is 13.7 Å². The van der Waals surface area contributed by atoms with Crippen LogP contribution < -0.4 is 9.47 Å². The molecular weight excluding hydrogens is 485 g/mol. The first-order valence-electron chi connectivity index (χ1n) is 12.2. The molecule has 0 unspecified atom stereocenters. The zero-order chi connectivity index (χ0) is 26.9. The average Bonchev–Trinajstić information content (AvgIpc) is 2.93. The summed E-state index contributed by atoms with van der Waals surface area (Å²) in [4.78, 5) is 26.4. The SMILES string of the molecule is COc1ccccc1Oc1ccc(C(=O)N(CCCc2cccc(F)c2)Cc2ccc(C(=O)O)cc2)cc1. The van der Waals surface area contributed by atoms with Crippen LogP contribution in [0.2, 0.25) is 0 Å². The maximum absolute atomic E-state index is 13.6. The van der Waals surface area contributed by atoms with E-state index in [9.17, 15) is 19.1 Å². The molecule has 0 spiro atoms. The van der Waals surface area contributed by atoms with E-state index in [1.165, 1.54) is 24.3 Å². The monoisotopic (exact) mass is 513 g/mol. The minimum Gasteiger partial charge on any atom is -0.493 e. The van der Waals surface area contributed by atoms with Crippen LogP contribution in [0.5, 0.6) is 17.2 Å². The molecule has 0 bridgehead atoms. The number of carboxylic acid groups (broad SMARTS) is 1. The standard InChI is InChI=1S/C31H28FNO5/c1-37-28-9-2-3-10-29(28)38-27-17-15-24(16-18-27)30(34)33(19-5-7-22-6-4-8-26(32)20-22)21-23-11-13-25(14-12-23)31(35)36/h2-4,6,8-18,20H,5,7,19,21H2,1H3,(H,35,36). The van der Waals surface area contributed by atoms with Gasteiger partial charge in [0.2, 0.25) is 0 Å². The van der Waals surface area contributed by atoms with E-state index < -0.39 is 5.97 Å². The molecule has 194 valence electrons. The van der Waals surface area contributed by atoms with Crippen molar-refractivity contribution in [2.45, 2.75) is 19.4 Å². The Kier molecular flexibility index (Phi) is 8.72. The first-order chi connectivity index (χ1) is 18.4. The van der Waals surface area contributed by atoms with Crippen LogP contribution in [-0.2, 0) is 13.0 Å². The Labute approximate surface area is 220 Å². The smallest absolute Gasteiger partial charge is 0.335 e. The number of benzene rings is 4. The normalized spacial score (nSPS) is 10.6. The Morgan fingerprint density at radius 2 is 1.50 bits per heavy atom. The van der Waals surface area contributed by atoms with E-state index in [1.54, 1.807) is 66.6 Å². The van der Waals surface area contributed by atoms with Crippen LogP contribution in [0.25, 0.3) is 0 Å². The number of ether oxygens (including phenoxy) is 2. The van der Waals surface area contributed by atoms with Gasteiger partial charge in [-0.1, -0.05) is 36.4 Å². The molecule has 0 aliphatic carbocycles. The number of amides is 1. The zero-order valence-corrected chi connectivity index (χ0v) is 21.0. The predicted molar refractivity (Wildman–Crippen MR) is 142 cm³/mol. The molecule has 0 atom stereocenters. The molecule has 4 aromatic carbocycles. The molecule has 4 aromatic rings. The first-order valence-corrected chi connectivity index (χ1v) is 12.2. The van der Waals surface area contributed by atoms with Crippen LogP contribution in [0, 0.1) is 5.82 Å². The molecular formula is C31H28FNO5. The van der Waals surface area contributed by atoms with E-state index in [2.05, 4.69) is 0 Å². The van der Waals surface area contributed by atoms with Crippen LogP contribution in [0.1, 0.15) is 38.3 Å². The van der Waals surface area contributed by atoms with Gasteiger partial charge >= 0.3 is 5.97 Å². The molecule has 0 radical (unpaired) electrons. The van der Waals surface area contributed by atoms with Crippen LogP contribution in [0.3, 0.4) is 0 Å². The fourth-order valence-corrected chi connectivity index (χ4v) is 4.07. The van der Waals surface area contributed by atoms with Gasteiger partial charge in [-0.2, -0.15) is 0 Å². The molecule has 0 heterocycles. The minimum absolute atomic E-state index is 0.171. The molecule has 38 heavy (non-hydrogen) atoms. The zero-order valence-electron chi connectivity index (χ0n) is 21.0. The number of methoxy groups -OCH3 is 1. The summed E-state index contributed by atoms with van der Waals surface area (Å²) in [5.41, 5.74) is 2.35. The molecule has 4 rings (SSSR count). The number of halogens is 1. The van der Waals surface area contributed by atoms with Gasteiger partial charge in [0.15, 0.2) is 11.5 Å². The quantitative estimate of drug-likeness (QED) is 0.245. The summed E-state index contributed by atoms with van der Waals surface area (Å²) in [6, 6.07) is 27.1. The Hall–Kier alpha value is -4.65. The predicted octanol–water partition coefficient (Wildman–Crippen LogP) is 6.60. The molecule has 1 N–H and O–H groups in total. The number of para-hydroxylation sites is 2. The van der Waals surface area contributed by atoms with Crippen molar-refractivity contribution in [1.29, 1.82) is 0 Å². The number of hydrogen-bond donors (Lipinski definition) is 1. The highest BCUT2D eigenvalue weighted by Gasteiger charge is 2.17. The van der Waals surface area contributed by atoms with Crippen molar-refractivity contribution in [2.24, 2.45) is 0 Å². The largest absolute Gasteiger partial charge is 0.493 e. The van der Waals surface area contributed by atoms with Crippen molar-refractivity contribution >= 4 is 11.9 Å². The van der Waals surface area contributed by atoms with Gasteiger partial charge in [-0.25, -0.2) is 9.18 Å². The summed E-state index contributed by atoms with van der Waals surface area (Å²) in [6.07, 6.45) is 1.25. The molecule has 7 heteroatoms. The van der Waals surface area contributed by atoms with Crippen molar-refractivity contribution in [3.63, 3.8) is 0 Å². The summed E-state index contributed by atoms with van der Waals surface area (Å²) in [5.74, 6) is 0.270. The van der Waals surface area contributed by atoms with Crippen molar-refractivity contribution in [3.8, 4) is 17.2 Å². The number of nitrogens with zero attached hydrogens (tertiary/aromatic N) is 1. The third-order valence-corrected chi connectivity index (χ3v) is 6.04. The minimum atomic E-state index is -1.00. The average molecular weight is 514 g/mol. The van der Waals surface area contributed by atoms with Crippen molar-refractivity contribution in [3.05, 3.63) is 125 Å². The van der Waals surface area contributed by atoms with E-state index >= 15 is 0 Å². The molecule has 0 saturated heterocycles. The van der Waals surface area contributed by atoms with Gasteiger partial charge < -0.3 is 19.5 Å². The Balaban J connectivity index is 1.49. The third-order valence-electron chi connectivity index (χ3n) is 6.04. The molecule has 0 fully saturated rings. The third kappa shape index (κ3) is 6.97. The lowest BCUT2D eigenvalue weighted by Crippen LogP contribution is -2.31. The fourth-order valence-electron chi connectivity index (χ4n) is 4.07. The number of aryl methyl sites for hydroxylation is 1. The van der Waals surface area contributed by atoms with Crippen LogP contribution in [-0.4, -0.2) is 35.5 Å². The Morgan fingerprint density at radius 1 is 0.816 bits per heavy atom. The summed E-state index contributed by atoms with van der Waals surface area (Å²) < 4.78 is 24.8. The number of aromatic carboxylic acids is 1. The fraction of sp³-hybridized carbons (Fsp3) is 0.161. The number of carboxylic acids is 1. The second kappa shape index (κ2) is 12.5. The summed E-state index contributed by atoms with van der Waals surface area (Å²) >= 11 is 0. The number of carbonyl (C=O) groups excluding carboxylic acids is 1. The Morgan fingerprint density at radius 3 is 2.16 bits per heavy atom. The van der Waals surface area contributed by atoms with Crippen molar-refractivity contribution in [1.82, 2.24) is 4.90 Å². The summed E-state index contributed by atoms with van der Waals surface area (Å²) in [7, 11) is 1.57. The molecule has 0 aliphatic heterocycles. The van der Waals surface area contributed by atoms with Gasteiger partial charge in [-0.05, 0) is 84.6 Å². The summed E-state index contributed by atoms with van der Waals surface area (Å²) in [6.45, 7) is 0.747. The van der Waals surface area contributed by atoms with Crippen molar-refractivity contribution < 1.29 is 28.6 Å². The van der Waals surface area contributed by atoms with Crippen LogP contribution in [0.4, 0.5) is 4.39 Å². The van der Waals surface area contributed by atoms with E-state index in [-0.39, 0.29) is 17.3 Å². The number of carbonyl (C=O) groups is 2. The second-order valence-corrected chi connectivity index (χ2v) is 8.74. The van der Waals surface area contributed by atoms with Gasteiger partial charge in [0.05, 0.1) is 12.7 Å². The second-order valence-electron chi connectivity index (χ2n) is 8.74.